The largest absolute Gasteiger partial charge is 0.478 e. The summed E-state index contributed by atoms with van der Waals surface area (Å²) < 4.78 is 1.12. The van der Waals surface area contributed by atoms with Crippen LogP contribution in [0.15, 0.2) is 69.3 Å². The van der Waals surface area contributed by atoms with Crippen molar-refractivity contribution in [3.05, 3.63) is 65.0 Å². The molecule has 1 aliphatic heterocycles. The van der Waals surface area contributed by atoms with Crippen LogP contribution in [0.3, 0.4) is 0 Å². The number of aromatic nitrogens is 1. The van der Waals surface area contributed by atoms with Crippen LogP contribution in [0.5, 0.6) is 0 Å². The molecular formula is C20H13N5O2S. The summed E-state index contributed by atoms with van der Waals surface area (Å²) in [7, 11) is 0. The predicted molar refractivity (Wildman–Crippen MR) is 110 cm³/mol. The molecule has 2 N–H and O–H groups in total. The van der Waals surface area contributed by atoms with E-state index in [1.165, 1.54) is 0 Å². The highest BCUT2D eigenvalue weighted by Gasteiger charge is 2.14. The quantitative estimate of drug-likeness (QED) is 0.511. The molecule has 0 saturated heterocycles. The first-order valence-corrected chi connectivity index (χ1v) is 9.42. The molecule has 7 nitrogen and oxygen atoms in total. The molecule has 136 valence electrons. The van der Waals surface area contributed by atoms with Gasteiger partial charge in [-0.05, 0) is 40.9 Å². The number of aromatic carboxylic acids is 1. The Balaban J connectivity index is 1.63. The van der Waals surface area contributed by atoms with E-state index in [-0.39, 0.29) is 5.56 Å². The van der Waals surface area contributed by atoms with Crippen molar-refractivity contribution in [2.24, 2.45) is 15.4 Å². The van der Waals surface area contributed by atoms with E-state index in [9.17, 15) is 9.90 Å². The van der Waals surface area contributed by atoms with Gasteiger partial charge in [-0.25, -0.2) is 9.78 Å². The van der Waals surface area contributed by atoms with Crippen LogP contribution in [0.2, 0.25) is 0 Å². The van der Waals surface area contributed by atoms with Crippen molar-refractivity contribution < 1.29 is 9.90 Å². The number of nitrogens with zero attached hydrogens (tertiary/aromatic N) is 4. The van der Waals surface area contributed by atoms with Gasteiger partial charge in [-0.3, -0.25) is 0 Å². The third-order valence-corrected chi connectivity index (χ3v) is 5.50. The van der Waals surface area contributed by atoms with E-state index in [1.807, 2.05) is 35.7 Å². The highest BCUT2D eigenvalue weighted by atomic mass is 32.1. The lowest BCUT2D eigenvalue weighted by Gasteiger charge is -2.11. The summed E-state index contributed by atoms with van der Waals surface area (Å²) in [5.74, 6) is -0.278. The van der Waals surface area contributed by atoms with Gasteiger partial charge in [-0.15, -0.1) is 16.4 Å². The molecule has 3 heterocycles. The summed E-state index contributed by atoms with van der Waals surface area (Å²) in [6.07, 6.45) is 0. The van der Waals surface area contributed by atoms with Crippen LogP contribution < -0.4 is 5.32 Å². The van der Waals surface area contributed by atoms with E-state index in [4.69, 9.17) is 4.98 Å². The molecule has 2 aromatic heterocycles. The topological polar surface area (TPSA) is 99.3 Å². The van der Waals surface area contributed by atoms with Gasteiger partial charge in [-0.1, -0.05) is 18.2 Å². The molecule has 0 spiro atoms. The molecule has 0 aliphatic carbocycles. The molecule has 0 atom stereocenters. The number of hydrogen-bond acceptors (Lipinski definition) is 7. The maximum atomic E-state index is 11.2. The molecule has 1 aliphatic rings. The lowest BCUT2D eigenvalue weighted by atomic mass is 10.1. The van der Waals surface area contributed by atoms with Crippen molar-refractivity contribution in [3.8, 4) is 0 Å². The Kier molecular flexibility index (Phi) is 3.84. The number of pyridine rings is 1. The number of carbonyl (C=O) groups is 1. The number of thiophene rings is 1. The Hall–Kier alpha value is -3.65. The minimum absolute atomic E-state index is 0.224. The van der Waals surface area contributed by atoms with Crippen LogP contribution in [-0.2, 0) is 0 Å². The lowest BCUT2D eigenvalue weighted by Crippen LogP contribution is -2.02. The van der Waals surface area contributed by atoms with Crippen LogP contribution >= 0.6 is 11.3 Å². The Labute approximate surface area is 163 Å². The van der Waals surface area contributed by atoms with E-state index in [1.54, 1.807) is 29.5 Å². The van der Waals surface area contributed by atoms with Crippen molar-refractivity contribution in [2.75, 3.05) is 11.9 Å². The summed E-state index contributed by atoms with van der Waals surface area (Å²) in [5.41, 5.74) is 3.49. The average Bonchev–Trinajstić information content (AvgIpc) is 3.40. The molecule has 0 unspecified atom stereocenters. The van der Waals surface area contributed by atoms with Crippen LogP contribution in [0.4, 0.5) is 11.5 Å². The van der Waals surface area contributed by atoms with Gasteiger partial charge in [0.25, 0.3) is 0 Å². The van der Waals surface area contributed by atoms with Crippen molar-refractivity contribution in [2.45, 2.75) is 0 Å². The normalized spacial score (nSPS) is 13.2. The molecule has 5 rings (SSSR count). The molecule has 28 heavy (non-hydrogen) atoms. The molecule has 8 heteroatoms. The second-order valence-corrected chi connectivity index (χ2v) is 7.22. The fraction of sp³-hybridized carbons (Fsp3) is 0.0500. The van der Waals surface area contributed by atoms with Gasteiger partial charge in [0.2, 0.25) is 0 Å². The minimum atomic E-state index is -0.964. The van der Waals surface area contributed by atoms with Crippen molar-refractivity contribution in [1.29, 1.82) is 0 Å². The average molecular weight is 387 g/mol. The monoisotopic (exact) mass is 387 g/mol. The first kappa shape index (κ1) is 16.5. The maximum absolute atomic E-state index is 11.2. The summed E-state index contributed by atoms with van der Waals surface area (Å²) in [5, 5.41) is 28.2. The molecule has 0 bridgehead atoms. The van der Waals surface area contributed by atoms with E-state index in [0.29, 0.717) is 18.1 Å². The van der Waals surface area contributed by atoms with Gasteiger partial charge < -0.3 is 10.4 Å². The molecule has 0 amide bonds. The molecule has 0 radical (unpaired) electrons. The zero-order chi connectivity index (χ0) is 19.1. The van der Waals surface area contributed by atoms with Gasteiger partial charge >= 0.3 is 5.97 Å². The minimum Gasteiger partial charge on any atom is -0.478 e. The van der Waals surface area contributed by atoms with Crippen molar-refractivity contribution >= 4 is 55.5 Å². The van der Waals surface area contributed by atoms with E-state index < -0.39 is 5.97 Å². The fourth-order valence-electron chi connectivity index (χ4n) is 3.21. The SMILES string of the molecule is O=C(O)c1cccc(Nc2nc3cc(C4=NN=NC4)ccc3c3sccc23)c1. The molecule has 4 aromatic rings. The number of rotatable bonds is 4. The van der Waals surface area contributed by atoms with E-state index in [0.717, 1.165) is 32.3 Å². The Morgan fingerprint density at radius 1 is 1.11 bits per heavy atom. The van der Waals surface area contributed by atoms with Crippen LogP contribution in [0, 0.1) is 0 Å². The zero-order valence-corrected chi connectivity index (χ0v) is 15.3. The number of fused-ring (bicyclic) bond motifs is 3. The standard InChI is InChI=1S/C20H13N5O2S/c26-20(27)12-2-1-3-13(8-12)22-19-15-6-7-28-18(15)14-5-4-11(9-16(14)23-19)17-10-21-25-24-17/h1-9H,10H2,(H,22,23)(H,26,27). The summed E-state index contributed by atoms with van der Waals surface area (Å²) in [6, 6.07) is 14.8. The fourth-order valence-corrected chi connectivity index (χ4v) is 4.14. The maximum Gasteiger partial charge on any atom is 0.335 e. The molecule has 2 aromatic carbocycles. The summed E-state index contributed by atoms with van der Waals surface area (Å²) in [6.45, 7) is 0.472. The van der Waals surface area contributed by atoms with E-state index in [2.05, 4.69) is 20.8 Å². The number of benzene rings is 2. The Morgan fingerprint density at radius 3 is 2.86 bits per heavy atom. The first-order valence-electron chi connectivity index (χ1n) is 8.54. The van der Waals surface area contributed by atoms with Crippen LogP contribution in [-0.4, -0.2) is 28.3 Å². The van der Waals surface area contributed by atoms with Gasteiger partial charge in [-0.2, -0.15) is 5.11 Å². The lowest BCUT2D eigenvalue weighted by molar-refractivity contribution is 0.0697. The van der Waals surface area contributed by atoms with Crippen molar-refractivity contribution in [1.82, 2.24) is 4.98 Å². The molecule has 0 fully saturated rings. The van der Waals surface area contributed by atoms with Gasteiger partial charge in [0.15, 0.2) is 0 Å². The van der Waals surface area contributed by atoms with Crippen molar-refractivity contribution in [3.63, 3.8) is 0 Å². The molecular weight excluding hydrogens is 374 g/mol. The number of anilines is 2. The highest BCUT2D eigenvalue weighted by Crippen LogP contribution is 2.35. The van der Waals surface area contributed by atoms with Gasteiger partial charge in [0.05, 0.1) is 16.8 Å². The number of hydrogen-bond donors (Lipinski definition) is 2. The highest BCUT2D eigenvalue weighted by molar-refractivity contribution is 7.18. The summed E-state index contributed by atoms with van der Waals surface area (Å²) in [4.78, 5) is 16.1. The van der Waals surface area contributed by atoms with Crippen LogP contribution in [0.1, 0.15) is 15.9 Å². The first-order chi connectivity index (χ1) is 13.7. The Morgan fingerprint density at radius 2 is 2.04 bits per heavy atom. The molecule has 0 saturated carbocycles. The number of nitrogens with one attached hydrogen (secondary N) is 1. The number of carboxylic acids is 1. The second kappa shape index (κ2) is 6.50. The van der Waals surface area contributed by atoms with Gasteiger partial charge in [0.1, 0.15) is 12.4 Å². The third kappa shape index (κ3) is 2.80. The number of carboxylic acid groups (broad SMARTS) is 1. The Bertz CT molecular complexity index is 1310. The van der Waals surface area contributed by atoms with E-state index >= 15 is 0 Å². The zero-order valence-electron chi connectivity index (χ0n) is 14.5. The smallest absolute Gasteiger partial charge is 0.335 e. The second-order valence-electron chi connectivity index (χ2n) is 6.30. The third-order valence-electron chi connectivity index (χ3n) is 4.55. The predicted octanol–water partition coefficient (Wildman–Crippen LogP) is 5.06. The van der Waals surface area contributed by atoms with Gasteiger partial charge in [0, 0.05) is 26.7 Å². The van der Waals surface area contributed by atoms with Crippen LogP contribution in [0.25, 0.3) is 21.0 Å². The summed E-state index contributed by atoms with van der Waals surface area (Å²) >= 11 is 1.65.